The Kier molecular flexibility index (Phi) is 4.98. The van der Waals surface area contributed by atoms with Gasteiger partial charge in [0.05, 0.1) is 22.2 Å². The van der Waals surface area contributed by atoms with Crippen LogP contribution < -0.4 is 5.44 Å². The highest BCUT2D eigenvalue weighted by Gasteiger charge is 2.18. The lowest BCUT2D eigenvalue weighted by molar-refractivity contribution is 1.40. The molecule has 3 heteroatoms. The van der Waals surface area contributed by atoms with Crippen LogP contribution in [0.3, 0.4) is 0 Å². The molecule has 8 rings (SSSR count). The van der Waals surface area contributed by atoms with Gasteiger partial charge in [0.15, 0.2) is 0 Å². The second-order valence-electron chi connectivity index (χ2n) is 10.0. The molecule has 182 valence electrons. The monoisotopic (exact) mass is 514 g/mol. The summed E-state index contributed by atoms with van der Waals surface area (Å²) in [5.74, 6) is 0. The Hall–Kier alpha value is -4.65. The molecule has 2 nitrogen and oxygen atoms in total. The van der Waals surface area contributed by atoms with E-state index in [2.05, 4.69) is 131 Å². The number of benzene rings is 6. The first-order valence-electron chi connectivity index (χ1n) is 13.1. The lowest BCUT2D eigenvalue weighted by Crippen LogP contribution is -1.98. The normalized spacial score (nSPS) is 11.7. The zero-order chi connectivity index (χ0) is 25.9. The van der Waals surface area contributed by atoms with Crippen LogP contribution in [0.4, 0.5) is 0 Å². The van der Waals surface area contributed by atoms with E-state index in [0.717, 1.165) is 38.5 Å². The van der Waals surface area contributed by atoms with Gasteiger partial charge in [-0.2, -0.15) is 0 Å². The summed E-state index contributed by atoms with van der Waals surface area (Å²) in [6, 6.07) is 45.6. The van der Waals surface area contributed by atoms with E-state index >= 15 is 0 Å². The lowest BCUT2D eigenvalue weighted by atomic mass is 9.86. The molecule has 0 saturated carbocycles. The van der Waals surface area contributed by atoms with Gasteiger partial charge in [0.25, 0.3) is 0 Å². The van der Waals surface area contributed by atoms with E-state index in [1.165, 1.54) is 43.4 Å². The van der Waals surface area contributed by atoms with Crippen molar-refractivity contribution in [3.05, 3.63) is 127 Å². The summed E-state index contributed by atoms with van der Waals surface area (Å²) in [4.78, 5) is 10.1. The van der Waals surface area contributed by atoms with Crippen LogP contribution in [-0.4, -0.2) is 9.97 Å². The third kappa shape index (κ3) is 3.53. The van der Waals surface area contributed by atoms with Gasteiger partial charge in [0, 0.05) is 16.3 Å². The Morgan fingerprint density at radius 1 is 0.410 bits per heavy atom. The Balaban J connectivity index is 1.48. The van der Waals surface area contributed by atoms with Crippen LogP contribution in [-0.2, 0) is 0 Å². The Morgan fingerprint density at radius 3 is 1.62 bits per heavy atom. The largest absolute Gasteiger partial charge is 0.246 e. The predicted octanol–water partition coefficient (Wildman–Crippen LogP) is 9.08. The average molecular weight is 515 g/mol. The van der Waals surface area contributed by atoms with E-state index in [0.29, 0.717) is 0 Å². The minimum absolute atomic E-state index is 0.915. The molecule has 2 aromatic heterocycles. The highest BCUT2D eigenvalue weighted by Crippen LogP contribution is 2.44. The number of pyridine rings is 2. The maximum atomic E-state index is 5.29. The number of nitrogens with zero attached hydrogens (tertiary/aromatic N) is 2. The summed E-state index contributed by atoms with van der Waals surface area (Å²) in [5.41, 5.74) is 7.38. The molecule has 6 aromatic carbocycles. The van der Waals surface area contributed by atoms with E-state index in [4.69, 9.17) is 9.97 Å². The quantitative estimate of drug-likeness (QED) is 0.131. The van der Waals surface area contributed by atoms with Crippen molar-refractivity contribution in [2.75, 3.05) is 0 Å². The third-order valence-electron chi connectivity index (χ3n) is 7.77. The number of fused-ring (bicyclic) bond motifs is 6. The molecular formula is C36H23N2P. The highest BCUT2D eigenvalue weighted by molar-refractivity contribution is 7.26. The fourth-order valence-corrected chi connectivity index (χ4v) is 6.21. The average Bonchev–Trinajstić information content (AvgIpc) is 2.99. The van der Waals surface area contributed by atoms with Gasteiger partial charge in [0.1, 0.15) is 0 Å². The standard InChI is InChI=1S/C36H23N2P/c39-32-20-18-24-15-14-23-17-19-31(37-35(23)36(24)38-32)34-29-11-5-3-9-27(29)33(28-10-4-6-12-30(28)34)26-16-13-22-7-1-2-8-25(22)21-26/h1-21H,39H2. The first kappa shape index (κ1) is 22.3. The van der Waals surface area contributed by atoms with Gasteiger partial charge >= 0.3 is 0 Å². The van der Waals surface area contributed by atoms with Crippen LogP contribution in [0, 0.1) is 0 Å². The third-order valence-corrected chi connectivity index (χ3v) is 8.09. The van der Waals surface area contributed by atoms with Crippen LogP contribution in [0.1, 0.15) is 0 Å². The molecule has 2 heterocycles. The first-order chi connectivity index (χ1) is 19.2. The molecule has 0 N–H and O–H groups in total. The summed E-state index contributed by atoms with van der Waals surface area (Å²) in [6.45, 7) is 0. The van der Waals surface area contributed by atoms with E-state index < -0.39 is 0 Å². The van der Waals surface area contributed by atoms with Crippen molar-refractivity contribution < 1.29 is 0 Å². The van der Waals surface area contributed by atoms with Gasteiger partial charge in [-0.3, -0.25) is 0 Å². The highest BCUT2D eigenvalue weighted by atomic mass is 31.0. The predicted molar refractivity (Wildman–Crippen MR) is 170 cm³/mol. The van der Waals surface area contributed by atoms with Crippen molar-refractivity contribution in [1.29, 1.82) is 0 Å². The molecule has 0 spiro atoms. The van der Waals surface area contributed by atoms with Gasteiger partial charge in [-0.05, 0) is 61.6 Å². The molecule has 0 aliphatic rings. The molecule has 0 bridgehead atoms. The molecule has 0 saturated heterocycles. The van der Waals surface area contributed by atoms with E-state index in [1.54, 1.807) is 0 Å². The summed E-state index contributed by atoms with van der Waals surface area (Å²) in [7, 11) is 2.71. The number of hydrogen-bond donors (Lipinski definition) is 0. The minimum Gasteiger partial charge on any atom is -0.246 e. The zero-order valence-electron chi connectivity index (χ0n) is 21.1. The van der Waals surface area contributed by atoms with E-state index in [-0.39, 0.29) is 0 Å². The van der Waals surface area contributed by atoms with Crippen molar-refractivity contribution in [3.8, 4) is 22.4 Å². The Labute approximate surface area is 228 Å². The molecule has 1 unspecified atom stereocenters. The fourth-order valence-electron chi connectivity index (χ4n) is 5.98. The van der Waals surface area contributed by atoms with Crippen LogP contribution in [0.2, 0.25) is 0 Å². The maximum absolute atomic E-state index is 5.29. The SMILES string of the molecule is Pc1ccc2ccc3ccc(-c4c5ccccc5c(-c5ccc6ccccc6c5)c5ccccc45)nc3c2n1. The Bertz CT molecular complexity index is 2190. The van der Waals surface area contributed by atoms with Crippen molar-refractivity contribution in [1.82, 2.24) is 9.97 Å². The summed E-state index contributed by atoms with van der Waals surface area (Å²) in [5, 5.41) is 9.55. The number of hydrogen-bond acceptors (Lipinski definition) is 2. The van der Waals surface area contributed by atoms with Gasteiger partial charge in [0.2, 0.25) is 0 Å². The van der Waals surface area contributed by atoms with Gasteiger partial charge in [-0.25, -0.2) is 9.97 Å². The molecular weight excluding hydrogens is 491 g/mol. The molecule has 0 amide bonds. The van der Waals surface area contributed by atoms with Crippen molar-refractivity contribution in [3.63, 3.8) is 0 Å². The minimum atomic E-state index is 0.915. The maximum Gasteiger partial charge on any atom is 0.0972 e. The molecule has 39 heavy (non-hydrogen) atoms. The van der Waals surface area contributed by atoms with Crippen molar-refractivity contribution in [2.24, 2.45) is 0 Å². The number of aromatic nitrogens is 2. The van der Waals surface area contributed by atoms with Crippen LogP contribution in [0.15, 0.2) is 127 Å². The smallest absolute Gasteiger partial charge is 0.0972 e. The Morgan fingerprint density at radius 2 is 0.923 bits per heavy atom. The van der Waals surface area contributed by atoms with Crippen molar-refractivity contribution in [2.45, 2.75) is 0 Å². The van der Waals surface area contributed by atoms with Gasteiger partial charge in [-0.1, -0.05) is 118 Å². The summed E-state index contributed by atoms with van der Waals surface area (Å²) >= 11 is 0. The molecule has 0 fully saturated rings. The van der Waals surface area contributed by atoms with Crippen LogP contribution >= 0.6 is 9.24 Å². The van der Waals surface area contributed by atoms with E-state index in [9.17, 15) is 0 Å². The zero-order valence-corrected chi connectivity index (χ0v) is 22.3. The van der Waals surface area contributed by atoms with E-state index in [1.807, 2.05) is 6.07 Å². The number of rotatable bonds is 2. The fraction of sp³-hybridized carbons (Fsp3) is 0. The first-order valence-corrected chi connectivity index (χ1v) is 13.7. The second-order valence-corrected chi connectivity index (χ2v) is 10.6. The lowest BCUT2D eigenvalue weighted by Gasteiger charge is -2.18. The van der Waals surface area contributed by atoms with Gasteiger partial charge < -0.3 is 0 Å². The topological polar surface area (TPSA) is 25.8 Å². The molecule has 1 atom stereocenters. The van der Waals surface area contributed by atoms with Crippen LogP contribution in [0.25, 0.3) is 76.5 Å². The van der Waals surface area contributed by atoms with Crippen LogP contribution in [0.5, 0.6) is 0 Å². The molecule has 0 aliphatic carbocycles. The molecule has 0 radical (unpaired) electrons. The van der Waals surface area contributed by atoms with Gasteiger partial charge in [-0.15, -0.1) is 0 Å². The molecule has 8 aromatic rings. The summed E-state index contributed by atoms with van der Waals surface area (Å²) < 4.78 is 0. The molecule has 0 aliphatic heterocycles. The second kappa shape index (κ2) is 8.70. The van der Waals surface area contributed by atoms with Crippen molar-refractivity contribution >= 4 is 68.8 Å². The summed E-state index contributed by atoms with van der Waals surface area (Å²) in [6.07, 6.45) is 0.